The van der Waals surface area contributed by atoms with Gasteiger partial charge < -0.3 is 9.47 Å². The van der Waals surface area contributed by atoms with Crippen LogP contribution in [-0.2, 0) is 16.0 Å². The summed E-state index contributed by atoms with van der Waals surface area (Å²) in [5.74, 6) is 1.89. The van der Waals surface area contributed by atoms with Crippen LogP contribution in [0.25, 0.3) is 0 Å². The number of likely N-dealkylation sites (tertiary alicyclic amines) is 1. The predicted molar refractivity (Wildman–Crippen MR) is 92.6 cm³/mol. The molecule has 0 aliphatic carbocycles. The van der Waals surface area contributed by atoms with Crippen molar-refractivity contribution in [2.24, 2.45) is 5.92 Å². The molecule has 4 heterocycles. The lowest BCUT2D eigenvalue weighted by atomic mass is 9.92. The first kappa shape index (κ1) is 15.9. The van der Waals surface area contributed by atoms with E-state index in [-0.39, 0.29) is 0 Å². The third-order valence-corrected chi connectivity index (χ3v) is 6.84. The fourth-order valence-electron chi connectivity index (χ4n) is 3.94. The smallest absolute Gasteiger partial charge is 0.0680 e. The third-order valence-electron chi connectivity index (χ3n) is 5.26. The molecular weight excluding hydrogens is 308 g/mol. The van der Waals surface area contributed by atoms with Crippen molar-refractivity contribution in [3.8, 4) is 0 Å². The Labute approximate surface area is 142 Å². The molecule has 1 aromatic rings. The molecule has 3 fully saturated rings. The molecule has 1 atom stereocenters. The Bertz CT molecular complexity index is 501. The molecule has 3 saturated heterocycles. The average Bonchev–Trinajstić information content (AvgIpc) is 2.99. The first-order valence-electron chi connectivity index (χ1n) is 8.76. The largest absolute Gasteiger partial charge is 0.381 e. The molecule has 1 aromatic heterocycles. The number of hydrogen-bond acceptors (Lipinski definition) is 5. The molecular formula is C18H26N2O2S. The van der Waals surface area contributed by atoms with Crippen LogP contribution in [0, 0.1) is 5.92 Å². The van der Waals surface area contributed by atoms with Gasteiger partial charge in [-0.05, 0) is 42.9 Å². The zero-order chi connectivity index (χ0) is 15.5. The topological polar surface area (TPSA) is 34.6 Å². The number of thioether (sulfide) groups is 1. The predicted octanol–water partition coefficient (Wildman–Crippen LogP) is 2.58. The average molecular weight is 334 g/mol. The van der Waals surface area contributed by atoms with Crippen LogP contribution in [0.1, 0.15) is 24.8 Å². The normalized spacial score (nSPS) is 28.1. The van der Waals surface area contributed by atoms with Crippen LogP contribution in [-0.4, -0.2) is 59.4 Å². The first-order valence-corrected chi connectivity index (χ1v) is 9.74. The molecule has 4 rings (SSSR count). The summed E-state index contributed by atoms with van der Waals surface area (Å²) in [4.78, 5) is 6.63. The van der Waals surface area contributed by atoms with Crippen LogP contribution < -0.4 is 0 Å². The first-order chi connectivity index (χ1) is 11.3. The van der Waals surface area contributed by atoms with E-state index < -0.39 is 0 Å². The highest BCUT2D eigenvalue weighted by Gasteiger charge is 2.49. The number of nitrogens with zero attached hydrogens (tertiary/aromatic N) is 2. The molecule has 4 nitrogen and oxygen atoms in total. The summed E-state index contributed by atoms with van der Waals surface area (Å²) in [5, 5.41) is 0. The number of ether oxygens (including phenoxy) is 2. The highest BCUT2D eigenvalue weighted by Crippen LogP contribution is 2.46. The Hall–Kier alpha value is -0.620. The molecule has 0 aromatic carbocycles. The lowest BCUT2D eigenvalue weighted by Gasteiger charge is -2.47. The number of rotatable bonds is 5. The number of hydrogen-bond donors (Lipinski definition) is 0. The van der Waals surface area contributed by atoms with E-state index in [9.17, 15) is 0 Å². The molecule has 0 amide bonds. The highest BCUT2D eigenvalue weighted by molar-refractivity contribution is 8.01. The quantitative estimate of drug-likeness (QED) is 0.827. The Morgan fingerprint density at radius 3 is 2.83 bits per heavy atom. The van der Waals surface area contributed by atoms with E-state index in [1.807, 2.05) is 12.4 Å². The van der Waals surface area contributed by atoms with Crippen molar-refractivity contribution < 1.29 is 9.47 Å². The van der Waals surface area contributed by atoms with Crippen LogP contribution in [0.2, 0.25) is 0 Å². The molecule has 3 aliphatic rings. The van der Waals surface area contributed by atoms with Gasteiger partial charge in [-0.15, -0.1) is 11.8 Å². The van der Waals surface area contributed by atoms with Crippen LogP contribution in [0.4, 0.5) is 0 Å². The molecule has 0 N–H and O–H groups in total. The van der Waals surface area contributed by atoms with Crippen molar-refractivity contribution in [3.63, 3.8) is 0 Å². The van der Waals surface area contributed by atoms with Gasteiger partial charge in [-0.25, -0.2) is 0 Å². The van der Waals surface area contributed by atoms with Gasteiger partial charge >= 0.3 is 0 Å². The van der Waals surface area contributed by atoms with E-state index in [2.05, 4.69) is 33.8 Å². The van der Waals surface area contributed by atoms with E-state index in [1.54, 1.807) is 0 Å². The minimum Gasteiger partial charge on any atom is -0.381 e. The van der Waals surface area contributed by atoms with E-state index >= 15 is 0 Å². The second kappa shape index (κ2) is 7.09. The molecule has 0 radical (unpaired) electrons. The number of pyridine rings is 1. The summed E-state index contributed by atoms with van der Waals surface area (Å²) < 4.78 is 12.1. The Kier molecular flexibility index (Phi) is 4.90. The summed E-state index contributed by atoms with van der Waals surface area (Å²) in [5.41, 5.74) is 1.37. The monoisotopic (exact) mass is 334 g/mol. The van der Waals surface area contributed by atoms with Crippen LogP contribution in [0.15, 0.2) is 24.5 Å². The molecule has 1 spiro atoms. The summed E-state index contributed by atoms with van der Waals surface area (Å²) >= 11 is 2.14. The van der Waals surface area contributed by atoms with Crippen molar-refractivity contribution in [1.82, 2.24) is 9.88 Å². The van der Waals surface area contributed by atoms with Gasteiger partial charge in [-0.3, -0.25) is 9.88 Å². The van der Waals surface area contributed by atoms with Gasteiger partial charge in [0, 0.05) is 62.3 Å². The van der Waals surface area contributed by atoms with Crippen LogP contribution in [0.3, 0.4) is 0 Å². The van der Waals surface area contributed by atoms with Crippen molar-refractivity contribution in [3.05, 3.63) is 30.1 Å². The summed E-state index contributed by atoms with van der Waals surface area (Å²) in [6.45, 7) is 6.24. The van der Waals surface area contributed by atoms with Gasteiger partial charge in [0.05, 0.1) is 6.10 Å². The summed E-state index contributed by atoms with van der Waals surface area (Å²) in [6.07, 6.45) is 7.81. The Morgan fingerprint density at radius 2 is 2.04 bits per heavy atom. The Balaban J connectivity index is 1.19. The van der Waals surface area contributed by atoms with Gasteiger partial charge in [0.2, 0.25) is 0 Å². The summed E-state index contributed by atoms with van der Waals surface area (Å²) in [7, 11) is 0. The van der Waals surface area contributed by atoms with Crippen molar-refractivity contribution >= 4 is 11.8 Å². The SMILES string of the molecule is c1cc(CN2CC3(CC(OCC4CCOCC4)CS3)C2)ccn1. The van der Waals surface area contributed by atoms with E-state index in [0.717, 1.165) is 32.3 Å². The second-order valence-corrected chi connectivity index (χ2v) is 8.70. The fourth-order valence-corrected chi connectivity index (χ4v) is 5.55. The fraction of sp³-hybridized carbons (Fsp3) is 0.722. The maximum atomic E-state index is 6.22. The molecule has 0 bridgehead atoms. The molecule has 3 aliphatic heterocycles. The molecule has 0 saturated carbocycles. The minimum atomic E-state index is 0.464. The molecule has 1 unspecified atom stereocenters. The lowest BCUT2D eigenvalue weighted by molar-refractivity contribution is -0.0133. The third kappa shape index (κ3) is 3.90. The van der Waals surface area contributed by atoms with Gasteiger partial charge in [0.15, 0.2) is 0 Å². The van der Waals surface area contributed by atoms with Crippen molar-refractivity contribution in [1.29, 1.82) is 0 Å². The van der Waals surface area contributed by atoms with Gasteiger partial charge in [0.25, 0.3) is 0 Å². The summed E-state index contributed by atoms with van der Waals surface area (Å²) in [6, 6.07) is 4.24. The zero-order valence-corrected chi connectivity index (χ0v) is 14.5. The Morgan fingerprint density at radius 1 is 1.26 bits per heavy atom. The maximum absolute atomic E-state index is 6.22. The van der Waals surface area contributed by atoms with Crippen molar-refractivity contribution in [2.45, 2.75) is 36.7 Å². The van der Waals surface area contributed by atoms with E-state index in [1.165, 1.54) is 43.7 Å². The van der Waals surface area contributed by atoms with E-state index in [0.29, 0.717) is 10.9 Å². The van der Waals surface area contributed by atoms with E-state index in [4.69, 9.17) is 9.47 Å². The van der Waals surface area contributed by atoms with Crippen LogP contribution in [0.5, 0.6) is 0 Å². The van der Waals surface area contributed by atoms with Gasteiger partial charge in [-0.1, -0.05) is 0 Å². The van der Waals surface area contributed by atoms with Gasteiger partial charge in [0.1, 0.15) is 0 Å². The molecule has 23 heavy (non-hydrogen) atoms. The highest BCUT2D eigenvalue weighted by atomic mass is 32.2. The standard InChI is InChI=1S/C18H26N2O2S/c1-5-19-6-2-15(1)10-20-13-18(14-20)9-17(12-23-18)22-11-16-3-7-21-8-4-16/h1-2,5-6,16-17H,3-4,7-14H2. The second-order valence-electron chi connectivity index (χ2n) is 7.21. The molecule has 126 valence electrons. The van der Waals surface area contributed by atoms with Crippen molar-refractivity contribution in [2.75, 3.05) is 38.7 Å². The van der Waals surface area contributed by atoms with Crippen LogP contribution >= 0.6 is 11.8 Å². The zero-order valence-electron chi connectivity index (χ0n) is 13.7. The maximum Gasteiger partial charge on any atom is 0.0680 e. The lowest BCUT2D eigenvalue weighted by Crippen LogP contribution is -2.58. The van der Waals surface area contributed by atoms with Gasteiger partial charge in [-0.2, -0.15) is 0 Å². The minimum absolute atomic E-state index is 0.464. The molecule has 5 heteroatoms. The number of aromatic nitrogens is 1.